The highest BCUT2D eigenvalue weighted by molar-refractivity contribution is 5.95. The van der Waals surface area contributed by atoms with Crippen LogP contribution in [0.15, 0.2) is 54.6 Å². The Morgan fingerprint density at radius 2 is 1.82 bits per heavy atom. The van der Waals surface area contributed by atoms with Gasteiger partial charge in [0.25, 0.3) is 0 Å². The molecule has 168 valence electrons. The fourth-order valence-corrected chi connectivity index (χ4v) is 4.53. The van der Waals surface area contributed by atoms with E-state index < -0.39 is 5.82 Å². The Hall–Kier alpha value is -3.81. The van der Waals surface area contributed by atoms with Crippen molar-refractivity contribution in [1.29, 1.82) is 0 Å². The lowest BCUT2D eigenvalue weighted by atomic mass is 9.97. The Labute approximate surface area is 191 Å². The van der Waals surface area contributed by atoms with E-state index in [4.69, 9.17) is 5.10 Å². The normalized spacial score (nSPS) is 16.2. The third-order valence-electron chi connectivity index (χ3n) is 6.21. The van der Waals surface area contributed by atoms with Gasteiger partial charge in [-0.2, -0.15) is 10.2 Å². The standard InChI is InChI=1S/C25H25FN6O/c1-16-22-17(2)32(19-10-4-3-5-11-19)30-23(22)24(29-28-16)31-14-8-9-18(15-31)25(33)27-21-13-7-6-12-20(21)26/h3-7,10-13,18H,8-9,14-15H2,1-2H3,(H,27,33). The number of aromatic nitrogens is 4. The number of hydrogen-bond acceptors (Lipinski definition) is 5. The van der Waals surface area contributed by atoms with Crippen LogP contribution in [0.4, 0.5) is 15.9 Å². The molecule has 1 saturated heterocycles. The molecule has 0 aliphatic carbocycles. The summed E-state index contributed by atoms with van der Waals surface area (Å²) in [6.07, 6.45) is 1.56. The molecule has 1 unspecified atom stereocenters. The van der Waals surface area contributed by atoms with Crippen molar-refractivity contribution in [2.75, 3.05) is 23.3 Å². The molecule has 1 aliphatic heterocycles. The number of halogens is 1. The maximum Gasteiger partial charge on any atom is 0.229 e. The molecule has 2 aromatic carbocycles. The minimum Gasteiger partial charge on any atom is -0.352 e. The molecule has 0 bridgehead atoms. The van der Waals surface area contributed by atoms with Gasteiger partial charge in [0.2, 0.25) is 5.91 Å². The second-order valence-corrected chi connectivity index (χ2v) is 8.42. The average Bonchev–Trinajstić information content (AvgIpc) is 3.19. The van der Waals surface area contributed by atoms with E-state index in [0.717, 1.165) is 47.4 Å². The smallest absolute Gasteiger partial charge is 0.229 e. The summed E-state index contributed by atoms with van der Waals surface area (Å²) in [4.78, 5) is 15.0. The van der Waals surface area contributed by atoms with Crippen molar-refractivity contribution in [3.8, 4) is 5.69 Å². The predicted molar refractivity (Wildman–Crippen MR) is 126 cm³/mol. The number of aryl methyl sites for hydroxylation is 2. The van der Waals surface area contributed by atoms with Gasteiger partial charge in [0.05, 0.1) is 34.1 Å². The number of rotatable bonds is 4. The van der Waals surface area contributed by atoms with Gasteiger partial charge in [-0.15, -0.1) is 5.10 Å². The number of para-hydroxylation sites is 2. The number of benzene rings is 2. The maximum atomic E-state index is 14.0. The summed E-state index contributed by atoms with van der Waals surface area (Å²) in [6.45, 7) is 5.20. The summed E-state index contributed by atoms with van der Waals surface area (Å²) in [5, 5.41) is 17.5. The van der Waals surface area contributed by atoms with Crippen LogP contribution in [0.1, 0.15) is 24.2 Å². The zero-order valence-electron chi connectivity index (χ0n) is 18.6. The summed E-state index contributed by atoms with van der Waals surface area (Å²) in [5.41, 5.74) is 3.76. The molecule has 1 amide bonds. The molecule has 1 atom stereocenters. The topological polar surface area (TPSA) is 75.9 Å². The van der Waals surface area contributed by atoms with Crippen molar-refractivity contribution in [1.82, 2.24) is 20.0 Å². The highest BCUT2D eigenvalue weighted by Crippen LogP contribution is 2.32. The SMILES string of the molecule is Cc1nnc(N2CCCC(C(=O)Nc3ccccc3F)C2)c2nn(-c3ccccc3)c(C)c12. The monoisotopic (exact) mass is 444 g/mol. The van der Waals surface area contributed by atoms with Crippen molar-refractivity contribution < 1.29 is 9.18 Å². The Morgan fingerprint density at radius 1 is 1.06 bits per heavy atom. The molecule has 1 N–H and O–H groups in total. The lowest BCUT2D eigenvalue weighted by molar-refractivity contribution is -0.120. The number of anilines is 2. The van der Waals surface area contributed by atoms with Crippen molar-refractivity contribution in [3.05, 3.63) is 71.8 Å². The van der Waals surface area contributed by atoms with Gasteiger partial charge < -0.3 is 10.2 Å². The summed E-state index contributed by atoms with van der Waals surface area (Å²) in [6, 6.07) is 16.2. The first kappa shape index (κ1) is 21.1. The van der Waals surface area contributed by atoms with Crippen molar-refractivity contribution in [3.63, 3.8) is 0 Å². The molecule has 1 fully saturated rings. The van der Waals surface area contributed by atoms with Crippen LogP contribution in [0.2, 0.25) is 0 Å². The zero-order valence-corrected chi connectivity index (χ0v) is 18.6. The lowest BCUT2D eigenvalue weighted by Gasteiger charge is -2.32. The summed E-state index contributed by atoms with van der Waals surface area (Å²) >= 11 is 0. The van der Waals surface area contributed by atoms with Crippen molar-refractivity contribution in [2.24, 2.45) is 5.92 Å². The van der Waals surface area contributed by atoms with E-state index in [1.54, 1.807) is 18.2 Å². The minimum absolute atomic E-state index is 0.188. The van der Waals surface area contributed by atoms with Gasteiger partial charge in [0.1, 0.15) is 11.3 Å². The molecule has 7 nitrogen and oxygen atoms in total. The van der Waals surface area contributed by atoms with Crippen LogP contribution < -0.4 is 10.2 Å². The van der Waals surface area contributed by atoms with E-state index in [1.165, 1.54) is 6.07 Å². The van der Waals surface area contributed by atoms with Gasteiger partial charge in [0, 0.05) is 13.1 Å². The Kier molecular flexibility index (Phi) is 5.50. The Bertz CT molecular complexity index is 1320. The highest BCUT2D eigenvalue weighted by atomic mass is 19.1. The molecular weight excluding hydrogens is 419 g/mol. The third kappa shape index (κ3) is 3.92. The fourth-order valence-electron chi connectivity index (χ4n) is 4.53. The molecule has 0 spiro atoms. The molecule has 0 radical (unpaired) electrons. The molecule has 3 heterocycles. The lowest BCUT2D eigenvalue weighted by Crippen LogP contribution is -2.41. The van der Waals surface area contributed by atoms with Gasteiger partial charge >= 0.3 is 0 Å². The molecular formula is C25H25FN6O. The van der Waals surface area contributed by atoms with Crippen LogP contribution in [0.5, 0.6) is 0 Å². The molecule has 5 rings (SSSR count). The van der Waals surface area contributed by atoms with Crippen LogP contribution in [0.25, 0.3) is 16.6 Å². The van der Waals surface area contributed by atoms with Gasteiger partial charge in [-0.1, -0.05) is 30.3 Å². The van der Waals surface area contributed by atoms with Gasteiger partial charge in [-0.3, -0.25) is 4.79 Å². The second-order valence-electron chi connectivity index (χ2n) is 8.42. The van der Waals surface area contributed by atoms with E-state index in [0.29, 0.717) is 12.4 Å². The van der Waals surface area contributed by atoms with Crippen LogP contribution in [-0.2, 0) is 4.79 Å². The van der Waals surface area contributed by atoms with Gasteiger partial charge in [0.15, 0.2) is 5.82 Å². The van der Waals surface area contributed by atoms with E-state index >= 15 is 0 Å². The number of carbonyl (C=O) groups is 1. The average molecular weight is 445 g/mol. The quantitative estimate of drug-likeness (QED) is 0.504. The van der Waals surface area contributed by atoms with Crippen LogP contribution in [-0.4, -0.2) is 39.0 Å². The largest absolute Gasteiger partial charge is 0.352 e. The minimum atomic E-state index is -0.438. The van der Waals surface area contributed by atoms with Crippen LogP contribution in [0, 0.1) is 25.6 Å². The van der Waals surface area contributed by atoms with Crippen molar-refractivity contribution >= 4 is 28.3 Å². The number of piperidine rings is 1. The molecule has 1 aliphatic rings. The Morgan fingerprint density at radius 3 is 2.61 bits per heavy atom. The van der Waals surface area contributed by atoms with E-state index in [1.807, 2.05) is 48.9 Å². The molecule has 2 aromatic heterocycles. The highest BCUT2D eigenvalue weighted by Gasteiger charge is 2.29. The fraction of sp³-hybridized carbons (Fsp3) is 0.280. The number of amides is 1. The van der Waals surface area contributed by atoms with E-state index in [2.05, 4.69) is 20.4 Å². The number of nitrogens with one attached hydrogen (secondary N) is 1. The van der Waals surface area contributed by atoms with Crippen LogP contribution in [0.3, 0.4) is 0 Å². The molecule has 33 heavy (non-hydrogen) atoms. The third-order valence-corrected chi connectivity index (χ3v) is 6.21. The Balaban J connectivity index is 1.46. The molecule has 0 saturated carbocycles. The van der Waals surface area contributed by atoms with Gasteiger partial charge in [-0.05, 0) is 51.0 Å². The number of nitrogens with zero attached hydrogens (tertiary/aromatic N) is 5. The second kappa shape index (κ2) is 8.61. The summed E-state index contributed by atoms with van der Waals surface area (Å²) in [5.74, 6) is -0.232. The maximum absolute atomic E-state index is 14.0. The summed E-state index contributed by atoms with van der Waals surface area (Å²) in [7, 11) is 0. The first-order valence-corrected chi connectivity index (χ1v) is 11.1. The van der Waals surface area contributed by atoms with Crippen molar-refractivity contribution in [2.45, 2.75) is 26.7 Å². The summed E-state index contributed by atoms with van der Waals surface area (Å²) < 4.78 is 15.9. The van der Waals surface area contributed by atoms with E-state index in [9.17, 15) is 9.18 Å². The number of carbonyl (C=O) groups excluding carboxylic acids is 1. The van der Waals surface area contributed by atoms with Gasteiger partial charge in [-0.25, -0.2) is 9.07 Å². The number of fused-ring (bicyclic) bond motifs is 1. The molecule has 4 aromatic rings. The first-order valence-electron chi connectivity index (χ1n) is 11.1. The molecule has 8 heteroatoms. The predicted octanol–water partition coefficient (Wildman–Crippen LogP) is 4.43. The van der Waals surface area contributed by atoms with E-state index in [-0.39, 0.29) is 17.5 Å². The number of hydrogen-bond donors (Lipinski definition) is 1. The zero-order chi connectivity index (χ0) is 22.9. The van der Waals surface area contributed by atoms with Crippen LogP contribution >= 0.6 is 0 Å². The first-order chi connectivity index (χ1) is 16.0.